The van der Waals surface area contributed by atoms with Crippen LogP contribution in [0.15, 0.2) is 30.3 Å². The van der Waals surface area contributed by atoms with Crippen molar-refractivity contribution in [2.24, 2.45) is 5.41 Å². The smallest absolute Gasteiger partial charge is 0.416 e. The predicted octanol–water partition coefficient (Wildman–Crippen LogP) is 6.47. The zero-order chi connectivity index (χ0) is 29.6. The molecule has 0 aliphatic heterocycles. The van der Waals surface area contributed by atoms with Gasteiger partial charge in [0.05, 0.1) is 24.2 Å². The maximum atomic E-state index is 14.0. The molecule has 0 amide bonds. The van der Waals surface area contributed by atoms with E-state index in [1.807, 2.05) is 19.0 Å². The summed E-state index contributed by atoms with van der Waals surface area (Å²) in [5.41, 5.74) is 5.00. The number of anilines is 2. The lowest BCUT2D eigenvalue weighted by Crippen LogP contribution is -2.58. The molecule has 0 unspecified atom stereocenters. The molecule has 4 rings (SSSR count). The Bertz CT molecular complexity index is 1380. The zero-order valence-corrected chi connectivity index (χ0v) is 23.3. The Morgan fingerprint density at radius 3 is 2.30 bits per heavy atom. The first-order valence-electron chi connectivity index (χ1n) is 12.8. The van der Waals surface area contributed by atoms with E-state index >= 15 is 0 Å². The number of alkyl halides is 5. The molecule has 12 heteroatoms. The summed E-state index contributed by atoms with van der Waals surface area (Å²) >= 11 is 0. The monoisotopic (exact) mass is 567 g/mol. The minimum Gasteiger partial charge on any atom is -0.493 e. The summed E-state index contributed by atoms with van der Waals surface area (Å²) in [5, 5.41) is 3.71. The van der Waals surface area contributed by atoms with Crippen molar-refractivity contribution in [3.63, 3.8) is 0 Å². The van der Waals surface area contributed by atoms with Crippen molar-refractivity contribution >= 4 is 22.4 Å². The van der Waals surface area contributed by atoms with Crippen molar-refractivity contribution in [2.75, 3.05) is 38.8 Å². The Morgan fingerprint density at radius 1 is 1.05 bits per heavy atom. The molecule has 1 aromatic heterocycles. The topological polar surface area (TPSA) is 85.5 Å². The third-order valence-electron chi connectivity index (χ3n) is 7.27. The first-order chi connectivity index (χ1) is 18.5. The van der Waals surface area contributed by atoms with E-state index in [1.54, 1.807) is 32.9 Å². The third-order valence-corrected chi connectivity index (χ3v) is 7.27. The van der Waals surface area contributed by atoms with Crippen LogP contribution in [0.5, 0.6) is 11.5 Å². The summed E-state index contributed by atoms with van der Waals surface area (Å²) < 4.78 is 80.0. The number of halogens is 5. The average Bonchev–Trinajstić information content (AvgIpc) is 2.81. The van der Waals surface area contributed by atoms with E-state index in [2.05, 4.69) is 15.3 Å². The molecular formula is C28H34F5N5O2. The van der Waals surface area contributed by atoms with E-state index in [1.165, 1.54) is 13.2 Å². The van der Waals surface area contributed by atoms with Gasteiger partial charge < -0.3 is 25.4 Å². The first kappa shape index (κ1) is 29.6. The second kappa shape index (κ2) is 10.5. The van der Waals surface area contributed by atoms with Gasteiger partial charge >= 0.3 is 6.18 Å². The number of benzene rings is 2. The van der Waals surface area contributed by atoms with Crippen molar-refractivity contribution in [1.29, 1.82) is 0 Å². The highest BCUT2D eigenvalue weighted by molar-refractivity contribution is 5.92. The highest BCUT2D eigenvalue weighted by Crippen LogP contribution is 2.55. The highest BCUT2D eigenvalue weighted by atomic mass is 19.4. The standard InChI is InChI=1S/C28H34F5N5O2/c1-15(18-7-19(28(31,32)33)9-20(34)8-18)35-25-21-10-24(23(39-6)11-22(21)36-17(3)37-25)40-16(2)26(14-38(4)5)12-27(29,30)13-26/h7-11,15-16H,12-14,34H2,1-6H3,(H,35,36,37)/t15-,16-/m1/s1. The Balaban J connectivity index is 1.70. The second-order valence-corrected chi connectivity index (χ2v) is 11.0. The van der Waals surface area contributed by atoms with Crippen molar-refractivity contribution < 1.29 is 31.4 Å². The Kier molecular flexibility index (Phi) is 7.78. The lowest BCUT2D eigenvalue weighted by molar-refractivity contribution is -0.196. The quantitative estimate of drug-likeness (QED) is 0.227. The van der Waals surface area contributed by atoms with Gasteiger partial charge in [-0.15, -0.1) is 0 Å². The van der Waals surface area contributed by atoms with Crippen molar-refractivity contribution in [1.82, 2.24) is 14.9 Å². The van der Waals surface area contributed by atoms with E-state index in [0.29, 0.717) is 46.2 Å². The molecule has 7 nitrogen and oxygen atoms in total. The van der Waals surface area contributed by atoms with Crippen LogP contribution < -0.4 is 20.5 Å². The van der Waals surface area contributed by atoms with Crippen molar-refractivity contribution in [3.8, 4) is 11.5 Å². The number of aromatic nitrogens is 2. The SMILES string of the molecule is COc1cc2nc(C)nc(N[C@H](C)c3cc(N)cc(C(F)(F)F)c3)c2cc1O[C@H](C)C1(CN(C)C)CC(F)(F)C1. The molecule has 1 aliphatic carbocycles. The summed E-state index contributed by atoms with van der Waals surface area (Å²) in [4.78, 5) is 10.8. The molecule has 1 aliphatic rings. The predicted molar refractivity (Wildman–Crippen MR) is 144 cm³/mol. The molecule has 0 radical (unpaired) electrons. The van der Waals surface area contributed by atoms with Gasteiger partial charge in [0, 0.05) is 41.9 Å². The lowest BCUT2D eigenvalue weighted by Gasteiger charge is -2.51. The molecular weight excluding hydrogens is 533 g/mol. The molecule has 0 bridgehead atoms. The number of aryl methyl sites for hydroxylation is 1. The summed E-state index contributed by atoms with van der Waals surface area (Å²) in [7, 11) is 5.13. The van der Waals surface area contributed by atoms with Crippen LogP contribution in [0.25, 0.3) is 10.9 Å². The minimum atomic E-state index is -4.55. The molecule has 0 spiro atoms. The third kappa shape index (κ3) is 6.16. The summed E-state index contributed by atoms with van der Waals surface area (Å²) in [6.07, 6.45) is -5.70. The van der Waals surface area contributed by atoms with Gasteiger partial charge in [-0.2, -0.15) is 13.2 Å². The fraction of sp³-hybridized carbons (Fsp3) is 0.500. The van der Waals surface area contributed by atoms with Gasteiger partial charge in [-0.1, -0.05) is 0 Å². The number of ether oxygens (including phenoxy) is 2. The van der Waals surface area contributed by atoms with Crippen LogP contribution in [0.4, 0.5) is 33.5 Å². The van der Waals surface area contributed by atoms with Crippen LogP contribution in [-0.4, -0.2) is 54.6 Å². The van der Waals surface area contributed by atoms with Gasteiger partial charge in [0.25, 0.3) is 0 Å². The number of fused-ring (bicyclic) bond motifs is 1. The van der Waals surface area contributed by atoms with E-state index in [4.69, 9.17) is 15.2 Å². The van der Waals surface area contributed by atoms with E-state index in [9.17, 15) is 22.0 Å². The Morgan fingerprint density at radius 2 is 1.73 bits per heavy atom. The minimum absolute atomic E-state index is 0.00941. The van der Waals surface area contributed by atoms with Gasteiger partial charge in [0.15, 0.2) is 11.5 Å². The van der Waals surface area contributed by atoms with E-state index < -0.39 is 35.2 Å². The number of nitrogens with two attached hydrogens (primary N) is 1. The van der Waals surface area contributed by atoms with Crippen LogP contribution in [0.3, 0.4) is 0 Å². The number of nitrogen functional groups attached to an aromatic ring is 1. The molecule has 3 N–H and O–H groups in total. The highest BCUT2D eigenvalue weighted by Gasteiger charge is 2.60. The molecule has 2 aromatic carbocycles. The number of nitrogens with one attached hydrogen (secondary N) is 1. The molecule has 40 heavy (non-hydrogen) atoms. The van der Waals surface area contributed by atoms with Gasteiger partial charge in [0.2, 0.25) is 5.92 Å². The molecule has 3 aromatic rings. The van der Waals surface area contributed by atoms with Crippen LogP contribution in [0.1, 0.15) is 49.7 Å². The number of hydrogen-bond donors (Lipinski definition) is 2. The zero-order valence-electron chi connectivity index (χ0n) is 23.3. The summed E-state index contributed by atoms with van der Waals surface area (Å²) in [6.45, 7) is 5.58. The maximum absolute atomic E-state index is 14.0. The second-order valence-electron chi connectivity index (χ2n) is 11.0. The van der Waals surface area contributed by atoms with Crippen LogP contribution in [0, 0.1) is 12.3 Å². The fourth-order valence-corrected chi connectivity index (χ4v) is 5.44. The maximum Gasteiger partial charge on any atom is 0.416 e. The van der Waals surface area contributed by atoms with Gasteiger partial charge in [-0.05, 0) is 64.7 Å². The van der Waals surface area contributed by atoms with Crippen LogP contribution in [-0.2, 0) is 6.18 Å². The van der Waals surface area contributed by atoms with Crippen LogP contribution in [0.2, 0.25) is 0 Å². The largest absolute Gasteiger partial charge is 0.493 e. The molecule has 218 valence electrons. The lowest BCUT2D eigenvalue weighted by atomic mass is 9.62. The number of methoxy groups -OCH3 is 1. The fourth-order valence-electron chi connectivity index (χ4n) is 5.44. The summed E-state index contributed by atoms with van der Waals surface area (Å²) in [6, 6.07) is 6.13. The van der Waals surface area contributed by atoms with Crippen LogP contribution >= 0.6 is 0 Å². The first-order valence-corrected chi connectivity index (χ1v) is 12.8. The van der Waals surface area contributed by atoms with Crippen molar-refractivity contribution in [2.45, 2.75) is 57.9 Å². The van der Waals surface area contributed by atoms with Gasteiger partial charge in [-0.3, -0.25) is 0 Å². The number of nitrogens with zero attached hydrogens (tertiary/aromatic N) is 3. The normalized spacial score (nSPS) is 17.8. The molecule has 1 heterocycles. The molecule has 1 fully saturated rings. The van der Waals surface area contributed by atoms with Gasteiger partial charge in [-0.25, -0.2) is 18.7 Å². The van der Waals surface area contributed by atoms with Gasteiger partial charge in [0.1, 0.15) is 17.7 Å². The van der Waals surface area contributed by atoms with Crippen molar-refractivity contribution in [3.05, 3.63) is 47.3 Å². The molecule has 2 atom stereocenters. The summed E-state index contributed by atoms with van der Waals surface area (Å²) in [5.74, 6) is -1.26. The Labute approximate surface area is 229 Å². The molecule has 1 saturated carbocycles. The van der Waals surface area contributed by atoms with E-state index in [-0.39, 0.29) is 18.5 Å². The number of hydrogen-bond acceptors (Lipinski definition) is 7. The number of rotatable bonds is 9. The van der Waals surface area contributed by atoms with E-state index in [0.717, 1.165) is 12.1 Å². The molecule has 0 saturated heterocycles. The Hall–Kier alpha value is -3.41. The average molecular weight is 568 g/mol.